The second-order valence-electron chi connectivity index (χ2n) is 6.90. The molecule has 0 heterocycles. The number of hydrogen-bond acceptors (Lipinski definition) is 0. The molecule has 0 atom stereocenters. The first kappa shape index (κ1) is 26.8. The Morgan fingerprint density at radius 2 is 0.812 bits per heavy atom. The predicted molar refractivity (Wildman–Crippen MR) is 159 cm³/mol. The molecule has 0 aliphatic carbocycles. The Morgan fingerprint density at radius 3 is 1.12 bits per heavy atom. The van der Waals surface area contributed by atoms with Crippen molar-refractivity contribution in [2.45, 2.75) is 6.16 Å². The van der Waals surface area contributed by atoms with Gasteiger partial charge in [-0.15, -0.1) is 0 Å². The van der Waals surface area contributed by atoms with Crippen molar-refractivity contribution in [2.24, 2.45) is 0 Å². The van der Waals surface area contributed by atoms with Gasteiger partial charge in [0, 0.05) is 4.47 Å². The van der Waals surface area contributed by atoms with Gasteiger partial charge in [-0.05, 0) is 54.1 Å². The molecular formula is C25H21Br5FeP. The maximum absolute atomic E-state index is 3.57. The third kappa shape index (κ3) is 7.89. The van der Waals surface area contributed by atoms with E-state index in [0.717, 1.165) is 10.6 Å². The molecule has 0 amide bonds. The Morgan fingerprint density at radius 1 is 0.500 bits per heavy atom. The summed E-state index contributed by atoms with van der Waals surface area (Å²) in [6.07, 6.45) is 1.01. The van der Waals surface area contributed by atoms with E-state index in [0.29, 0.717) is 0 Å². The van der Waals surface area contributed by atoms with Gasteiger partial charge in [0.15, 0.2) is 0 Å². The first-order chi connectivity index (χ1) is 15.3. The molecule has 4 rings (SSSR count). The Kier molecular flexibility index (Phi) is 10.7. The summed E-state index contributed by atoms with van der Waals surface area (Å²) in [7, 11) is -1.81. The van der Waals surface area contributed by atoms with E-state index in [4.69, 9.17) is 0 Å². The van der Waals surface area contributed by atoms with Gasteiger partial charge in [-0.1, -0.05) is 82.7 Å². The fourth-order valence-corrected chi connectivity index (χ4v) is 8.14. The molecule has 0 aromatic heterocycles. The van der Waals surface area contributed by atoms with E-state index in [1.54, 1.807) is 0 Å². The molecule has 0 fully saturated rings. The molecule has 0 aliphatic rings. The summed E-state index contributed by atoms with van der Waals surface area (Å²) >= 11 is 16.6. The predicted octanol–water partition coefficient (Wildman–Crippen LogP) is 9.32. The normalized spacial score (nSPS) is 11.9. The van der Waals surface area contributed by atoms with E-state index in [1.165, 1.54) is 21.5 Å². The summed E-state index contributed by atoms with van der Waals surface area (Å²) in [5, 5.41) is 4.26. The van der Waals surface area contributed by atoms with Crippen LogP contribution < -0.4 is 15.9 Å². The van der Waals surface area contributed by atoms with Crippen LogP contribution in [0.5, 0.6) is 0 Å². The average Bonchev–Trinajstić information content (AvgIpc) is 2.79. The fourth-order valence-electron chi connectivity index (χ4n) is 3.63. The maximum atomic E-state index is 3.57. The van der Waals surface area contributed by atoms with Crippen molar-refractivity contribution in [3.8, 4) is 0 Å². The third-order valence-corrected chi connectivity index (χ3v) is 9.83. The molecule has 4 aromatic carbocycles. The average molecular weight is 808 g/mol. The zero-order valence-electron chi connectivity index (χ0n) is 16.9. The summed E-state index contributed by atoms with van der Waals surface area (Å²) in [6.45, 7) is 0. The van der Waals surface area contributed by atoms with Crippen molar-refractivity contribution in [1.82, 2.24) is 0 Å². The molecule has 32 heavy (non-hydrogen) atoms. The van der Waals surface area contributed by atoms with Crippen LogP contribution in [0.1, 0.15) is 5.56 Å². The number of hydrogen-bond donors (Lipinski definition) is 0. The Hall–Kier alpha value is 0.229. The minimum absolute atomic E-state index is 1.01. The molecule has 0 aliphatic heterocycles. The molecule has 0 unspecified atom stereocenters. The topological polar surface area (TPSA) is 0 Å². The van der Waals surface area contributed by atoms with Crippen molar-refractivity contribution in [1.29, 1.82) is 0 Å². The number of benzene rings is 4. The van der Waals surface area contributed by atoms with Crippen LogP contribution in [0.4, 0.5) is 0 Å². The second kappa shape index (κ2) is 12.8. The van der Waals surface area contributed by atoms with Crippen LogP contribution in [0, 0.1) is 0 Å². The molecule has 0 saturated heterocycles. The number of halogens is 5. The molecule has 0 nitrogen and oxygen atoms in total. The standard InChI is InChI=1S/C25H21BrP.4BrH.Fe/c26-22-18-16-21(17-19-22)20-27(23-10-4-1-5-11-23,24-12-6-2-7-13-24)25-14-8-3-9-15-25;;;;;/h1-19H,20H2;4*1H;/q+1;;;;;+3/p-4. The van der Waals surface area contributed by atoms with Gasteiger partial charge in [-0.2, -0.15) is 0 Å². The van der Waals surface area contributed by atoms with Gasteiger partial charge in [-0.3, -0.25) is 0 Å². The van der Waals surface area contributed by atoms with Crippen LogP contribution in [0.3, 0.4) is 0 Å². The molecule has 7 heteroatoms. The van der Waals surface area contributed by atoms with Gasteiger partial charge in [0.2, 0.25) is 0 Å². The van der Waals surface area contributed by atoms with Crippen molar-refractivity contribution >= 4 is 95.5 Å². The van der Waals surface area contributed by atoms with E-state index in [9.17, 15) is 0 Å². The van der Waals surface area contributed by atoms with Crippen LogP contribution in [-0.4, -0.2) is 0 Å². The molecule has 0 bridgehead atoms. The van der Waals surface area contributed by atoms with Gasteiger partial charge in [-0.25, -0.2) is 0 Å². The Labute approximate surface area is 230 Å². The third-order valence-electron chi connectivity index (χ3n) is 4.92. The molecule has 4 aromatic rings. The van der Waals surface area contributed by atoms with Crippen LogP contribution in [0.2, 0.25) is 0 Å². The summed E-state index contributed by atoms with van der Waals surface area (Å²) in [5.41, 5.74) is 0.114. The van der Waals surface area contributed by atoms with Gasteiger partial charge in [0.05, 0.1) is 6.16 Å². The Bertz CT molecular complexity index is 983. The SMILES string of the molecule is Brc1ccc(C[P+](c2ccccc2)(c2ccccc2)c2ccccc2)cc1.[Br][Fe-]([Br])([Br])[Br]. The first-order valence-electron chi connectivity index (χ1n) is 9.62. The van der Waals surface area contributed by atoms with E-state index >= 15 is 0 Å². The van der Waals surface area contributed by atoms with Crippen molar-refractivity contribution < 1.29 is 5.61 Å². The van der Waals surface area contributed by atoms with Crippen molar-refractivity contribution in [3.63, 3.8) is 0 Å². The van der Waals surface area contributed by atoms with E-state index in [1.807, 2.05) is 0 Å². The summed E-state index contributed by atoms with van der Waals surface area (Å²) in [6, 6.07) is 41.9. The molecular weight excluding hydrogens is 787 g/mol. The molecule has 0 N–H and O–H groups in total. The molecule has 0 saturated carbocycles. The van der Waals surface area contributed by atoms with Crippen LogP contribution in [0.25, 0.3) is 0 Å². The summed E-state index contributed by atoms with van der Waals surface area (Å²) < 4.78 is 1.12. The van der Waals surface area contributed by atoms with Crippen LogP contribution in [0.15, 0.2) is 120 Å². The van der Waals surface area contributed by atoms with E-state index in [-0.39, 0.29) is 0 Å². The fraction of sp³-hybridized carbons (Fsp3) is 0.0400. The van der Waals surface area contributed by atoms with Gasteiger partial charge in [0.25, 0.3) is 0 Å². The second-order valence-corrected chi connectivity index (χ2v) is 44.7. The minimum atomic E-state index is -1.81. The zero-order chi connectivity index (χ0) is 23.0. The van der Waals surface area contributed by atoms with Crippen molar-refractivity contribution in [2.75, 3.05) is 0 Å². The van der Waals surface area contributed by atoms with Gasteiger partial charge < -0.3 is 0 Å². The van der Waals surface area contributed by atoms with Crippen LogP contribution in [-0.2, 0) is 11.8 Å². The number of rotatable bonds is 5. The van der Waals surface area contributed by atoms with E-state index in [2.05, 4.69) is 188 Å². The van der Waals surface area contributed by atoms with Gasteiger partial charge >= 0.3 is 62.1 Å². The quantitative estimate of drug-likeness (QED) is 0.139. The zero-order valence-corrected chi connectivity index (χ0v) is 26.8. The van der Waals surface area contributed by atoms with Crippen LogP contribution >= 0.6 is 79.6 Å². The first-order valence-corrected chi connectivity index (χ1v) is 23.3. The van der Waals surface area contributed by atoms with E-state index < -0.39 is 12.9 Å². The molecule has 0 radical (unpaired) electrons. The summed E-state index contributed by atoms with van der Waals surface area (Å²) in [4.78, 5) is 0. The molecule has 0 spiro atoms. The summed E-state index contributed by atoms with van der Waals surface area (Å²) in [5.74, 6) is 0. The Balaban J connectivity index is 0.000000523. The van der Waals surface area contributed by atoms with Gasteiger partial charge in [0.1, 0.15) is 23.2 Å². The monoisotopic (exact) mass is 803 g/mol. The van der Waals surface area contributed by atoms with Crippen molar-refractivity contribution in [3.05, 3.63) is 125 Å². The molecule has 169 valence electrons.